The number of carbonyl (C=O) groups excluding carboxylic acids is 1. The Kier molecular flexibility index (Phi) is 6.56. The number of ether oxygens (including phenoxy) is 1. The van der Waals surface area contributed by atoms with E-state index in [4.69, 9.17) is 9.94 Å². The highest BCUT2D eigenvalue weighted by Gasteiger charge is 2.43. The van der Waals surface area contributed by atoms with Gasteiger partial charge < -0.3 is 4.74 Å². The van der Waals surface area contributed by atoms with Gasteiger partial charge in [-0.05, 0) is 50.5 Å². The van der Waals surface area contributed by atoms with E-state index >= 15 is 0 Å². The number of pyridine rings is 1. The van der Waals surface area contributed by atoms with Crippen LogP contribution in [0.15, 0.2) is 42.6 Å². The average Bonchev–Trinajstić information content (AvgIpc) is 2.64. The van der Waals surface area contributed by atoms with Crippen LogP contribution in [0.2, 0.25) is 0 Å². The topological polar surface area (TPSA) is 106 Å². The van der Waals surface area contributed by atoms with Gasteiger partial charge in [0.1, 0.15) is 17.1 Å². The van der Waals surface area contributed by atoms with Crippen molar-refractivity contribution >= 4 is 15.7 Å². The van der Waals surface area contributed by atoms with Gasteiger partial charge in [0.2, 0.25) is 0 Å². The Labute approximate surface area is 159 Å². The number of hydroxylamine groups is 1. The molecule has 27 heavy (non-hydrogen) atoms. The van der Waals surface area contributed by atoms with Crippen molar-refractivity contribution in [3.8, 4) is 5.75 Å². The quantitative estimate of drug-likeness (QED) is 0.527. The minimum absolute atomic E-state index is 0.0491. The van der Waals surface area contributed by atoms with Crippen LogP contribution in [-0.2, 0) is 27.7 Å². The summed E-state index contributed by atoms with van der Waals surface area (Å²) in [6.07, 6.45) is 3.16. The molecular weight excluding hydrogens is 368 g/mol. The number of aromatic nitrogens is 1. The molecule has 1 atom stereocenters. The Balaban J connectivity index is 1.98. The van der Waals surface area contributed by atoms with Crippen LogP contribution in [0.5, 0.6) is 5.75 Å². The monoisotopic (exact) mass is 392 g/mol. The highest BCUT2D eigenvalue weighted by Crippen LogP contribution is 2.24. The number of rotatable bonds is 8. The fourth-order valence-corrected chi connectivity index (χ4v) is 3.33. The first-order valence-electron chi connectivity index (χ1n) is 8.43. The van der Waals surface area contributed by atoms with Crippen molar-refractivity contribution in [3.05, 3.63) is 59.4 Å². The summed E-state index contributed by atoms with van der Waals surface area (Å²) in [7, 11) is -3.70. The van der Waals surface area contributed by atoms with Crippen LogP contribution >= 0.6 is 0 Å². The molecule has 1 aromatic heterocycles. The molecule has 1 heterocycles. The summed E-state index contributed by atoms with van der Waals surface area (Å²) < 4.78 is 28.0. The van der Waals surface area contributed by atoms with Crippen molar-refractivity contribution < 1.29 is 23.2 Å². The van der Waals surface area contributed by atoms with Crippen LogP contribution in [0.4, 0.5) is 0 Å². The zero-order valence-electron chi connectivity index (χ0n) is 15.6. The summed E-state index contributed by atoms with van der Waals surface area (Å²) in [5, 5.41) is 8.85. The first kappa shape index (κ1) is 20.9. The molecule has 0 aliphatic carbocycles. The second-order valence-electron chi connectivity index (χ2n) is 6.68. The maximum absolute atomic E-state index is 12.0. The summed E-state index contributed by atoms with van der Waals surface area (Å²) >= 11 is 0. The van der Waals surface area contributed by atoms with E-state index in [9.17, 15) is 13.2 Å². The molecule has 1 unspecified atom stereocenters. The van der Waals surface area contributed by atoms with Gasteiger partial charge in [-0.2, -0.15) is 0 Å². The molecule has 1 aromatic carbocycles. The van der Waals surface area contributed by atoms with E-state index in [0.29, 0.717) is 18.8 Å². The van der Waals surface area contributed by atoms with E-state index in [1.54, 1.807) is 18.3 Å². The largest absolute Gasteiger partial charge is 0.489 e. The van der Waals surface area contributed by atoms with Crippen LogP contribution in [0.3, 0.4) is 0 Å². The first-order chi connectivity index (χ1) is 12.7. The van der Waals surface area contributed by atoms with Crippen LogP contribution in [0.25, 0.3) is 0 Å². The van der Waals surface area contributed by atoms with Crippen molar-refractivity contribution in [3.63, 3.8) is 0 Å². The Bertz CT molecular complexity index is 879. The smallest absolute Gasteiger partial charge is 0.264 e. The number of nitrogens with zero attached hydrogens (tertiary/aromatic N) is 1. The molecule has 8 heteroatoms. The highest BCUT2D eigenvalue weighted by atomic mass is 32.2. The lowest BCUT2D eigenvalue weighted by molar-refractivity contribution is -0.131. The van der Waals surface area contributed by atoms with Crippen molar-refractivity contribution in [2.24, 2.45) is 0 Å². The van der Waals surface area contributed by atoms with Gasteiger partial charge in [-0.1, -0.05) is 18.2 Å². The van der Waals surface area contributed by atoms with E-state index in [0.717, 1.165) is 23.1 Å². The minimum Gasteiger partial charge on any atom is -0.489 e. The number of carbonyl (C=O) groups is 1. The lowest BCUT2D eigenvalue weighted by Crippen LogP contribution is -2.49. The predicted molar refractivity (Wildman–Crippen MR) is 101 cm³/mol. The normalized spacial score (nSPS) is 13.6. The van der Waals surface area contributed by atoms with E-state index in [1.165, 1.54) is 12.4 Å². The van der Waals surface area contributed by atoms with Crippen LogP contribution in [0, 0.1) is 6.92 Å². The fourth-order valence-electron chi connectivity index (χ4n) is 2.47. The van der Waals surface area contributed by atoms with Gasteiger partial charge in [0.15, 0.2) is 9.84 Å². The zero-order valence-corrected chi connectivity index (χ0v) is 16.4. The van der Waals surface area contributed by atoms with Gasteiger partial charge >= 0.3 is 0 Å². The van der Waals surface area contributed by atoms with Crippen molar-refractivity contribution in [1.29, 1.82) is 0 Å². The molecule has 0 spiro atoms. The molecule has 1 amide bonds. The molecule has 2 aromatic rings. The molecule has 0 fully saturated rings. The van der Waals surface area contributed by atoms with Crippen LogP contribution in [0.1, 0.15) is 30.2 Å². The number of aryl methyl sites for hydroxylation is 2. The lowest BCUT2D eigenvalue weighted by Gasteiger charge is -2.25. The molecule has 0 radical (unpaired) electrons. The molecule has 0 aliphatic rings. The summed E-state index contributed by atoms with van der Waals surface area (Å²) in [5.74, 6) is -0.255. The summed E-state index contributed by atoms with van der Waals surface area (Å²) in [6.45, 7) is 3.62. The Morgan fingerprint density at radius 1 is 1.19 bits per heavy atom. The molecule has 0 saturated carbocycles. The first-order valence-corrected chi connectivity index (χ1v) is 10.3. The number of benzene rings is 1. The lowest BCUT2D eigenvalue weighted by atomic mass is 9.99. The number of hydrogen-bond acceptors (Lipinski definition) is 6. The molecule has 7 nitrogen and oxygen atoms in total. The maximum Gasteiger partial charge on any atom is 0.264 e. The summed E-state index contributed by atoms with van der Waals surface area (Å²) in [4.78, 5) is 16.0. The maximum atomic E-state index is 12.0. The average molecular weight is 392 g/mol. The summed E-state index contributed by atoms with van der Waals surface area (Å²) in [5.41, 5.74) is 4.22. The molecule has 0 bridgehead atoms. The fraction of sp³-hybridized carbons (Fsp3) is 0.368. The number of amides is 1. The number of hydrogen-bond donors (Lipinski definition) is 2. The predicted octanol–water partition coefficient (Wildman–Crippen LogP) is 2.21. The van der Waals surface area contributed by atoms with Gasteiger partial charge in [0, 0.05) is 23.7 Å². The third-order valence-electron chi connectivity index (χ3n) is 4.59. The molecule has 2 N–H and O–H groups in total. The van der Waals surface area contributed by atoms with Crippen molar-refractivity contribution in [1.82, 2.24) is 10.5 Å². The number of sulfone groups is 1. The Hall–Kier alpha value is -2.45. The van der Waals surface area contributed by atoms with Crippen molar-refractivity contribution in [2.75, 3.05) is 6.26 Å². The third-order valence-corrected chi connectivity index (χ3v) is 6.62. The molecule has 0 saturated heterocycles. The standard InChI is InChI=1S/C19H24N2O5S/c1-14-4-5-16(12-20-14)13-26-17-8-6-15(7-9-17)10-11-19(2,18(22)21-23)27(3,24)25/h4-9,12,23H,10-11,13H2,1-3H3,(H,21,22). The number of nitrogens with one attached hydrogen (secondary N) is 1. The van der Waals surface area contributed by atoms with Gasteiger partial charge in [0.25, 0.3) is 5.91 Å². The van der Waals surface area contributed by atoms with E-state index in [1.807, 2.05) is 31.2 Å². The highest BCUT2D eigenvalue weighted by molar-refractivity contribution is 7.92. The van der Waals surface area contributed by atoms with Crippen LogP contribution < -0.4 is 10.2 Å². The molecular formula is C19H24N2O5S. The van der Waals surface area contributed by atoms with Gasteiger partial charge in [0.05, 0.1) is 0 Å². The second kappa shape index (κ2) is 8.49. The molecule has 0 aliphatic heterocycles. The summed E-state index contributed by atoms with van der Waals surface area (Å²) in [6, 6.07) is 11.1. The van der Waals surface area contributed by atoms with Gasteiger partial charge in [-0.25, -0.2) is 13.9 Å². The molecule has 2 rings (SSSR count). The SMILES string of the molecule is Cc1ccc(COc2ccc(CCC(C)(C(=O)NO)S(C)(=O)=O)cc2)cn1. The second-order valence-corrected chi connectivity index (χ2v) is 9.13. The molecule has 146 valence electrons. The van der Waals surface area contributed by atoms with Gasteiger partial charge in [-0.3, -0.25) is 15.0 Å². The zero-order chi connectivity index (χ0) is 20.1. The van der Waals surface area contributed by atoms with Crippen LogP contribution in [-0.4, -0.2) is 35.5 Å². The Morgan fingerprint density at radius 2 is 1.81 bits per heavy atom. The van der Waals surface area contributed by atoms with E-state index in [2.05, 4.69) is 4.98 Å². The van der Waals surface area contributed by atoms with Gasteiger partial charge in [-0.15, -0.1) is 0 Å². The van der Waals surface area contributed by atoms with Crippen molar-refractivity contribution in [2.45, 2.75) is 38.0 Å². The van der Waals surface area contributed by atoms with E-state index < -0.39 is 20.5 Å². The third kappa shape index (κ3) is 5.27. The van der Waals surface area contributed by atoms with E-state index in [-0.39, 0.29) is 6.42 Å². The Morgan fingerprint density at radius 3 is 2.33 bits per heavy atom. The minimum atomic E-state index is -3.70.